The van der Waals surface area contributed by atoms with Crippen LogP contribution in [0.5, 0.6) is 11.5 Å². The second-order valence-corrected chi connectivity index (χ2v) is 7.05. The summed E-state index contributed by atoms with van der Waals surface area (Å²) in [6.07, 6.45) is 1.72. The number of pyridine rings is 1. The lowest BCUT2D eigenvalue weighted by molar-refractivity contribution is 0.0824. The summed E-state index contributed by atoms with van der Waals surface area (Å²) in [4.78, 5) is 18.3. The van der Waals surface area contributed by atoms with Crippen LogP contribution >= 0.6 is 0 Å². The Morgan fingerprint density at radius 3 is 2.70 bits per heavy atom. The van der Waals surface area contributed by atoms with Crippen molar-refractivity contribution in [3.05, 3.63) is 60.3 Å². The molecule has 2 N–H and O–H groups in total. The van der Waals surface area contributed by atoms with Gasteiger partial charge >= 0.3 is 0 Å². The van der Waals surface area contributed by atoms with E-state index in [-0.39, 0.29) is 17.2 Å². The molecular formula is C23H22N4O3. The van der Waals surface area contributed by atoms with Crippen molar-refractivity contribution in [3.63, 3.8) is 0 Å². The number of phenolic OH excluding ortho intramolecular Hbond substituents is 1. The smallest absolute Gasteiger partial charge is 0.257 e. The van der Waals surface area contributed by atoms with Gasteiger partial charge in [0.1, 0.15) is 17.2 Å². The number of carbonyl (C=O) groups is 1. The third-order valence-corrected chi connectivity index (χ3v) is 4.82. The predicted octanol–water partition coefficient (Wildman–Crippen LogP) is 4.10. The van der Waals surface area contributed by atoms with Crippen LogP contribution in [0.3, 0.4) is 0 Å². The number of phenols is 1. The van der Waals surface area contributed by atoms with E-state index in [2.05, 4.69) is 15.2 Å². The number of aromatic hydroxyl groups is 1. The fraction of sp³-hybridized carbons (Fsp3) is 0.174. The number of amides is 1. The largest absolute Gasteiger partial charge is 0.507 e. The highest BCUT2D eigenvalue weighted by molar-refractivity contribution is 5.99. The molecule has 4 aromatic rings. The number of rotatable bonds is 5. The standard InChI is InChI=1S/C23H22N4O3/c1-4-30-20-8-6-5-7-16(20)21-18-12-15(13-24-22(18)26-25-21)14-9-10-19(28)17(11-14)23(29)27(2)3/h5-13,28H,4H2,1-3H3,(H,24,25,26). The predicted molar refractivity (Wildman–Crippen MR) is 116 cm³/mol. The normalized spacial score (nSPS) is 10.9. The van der Waals surface area contributed by atoms with Crippen molar-refractivity contribution in [2.24, 2.45) is 0 Å². The topological polar surface area (TPSA) is 91.3 Å². The fourth-order valence-corrected chi connectivity index (χ4v) is 3.34. The quantitative estimate of drug-likeness (QED) is 0.524. The molecule has 7 heteroatoms. The monoisotopic (exact) mass is 402 g/mol. The minimum atomic E-state index is -0.266. The molecule has 0 fully saturated rings. The van der Waals surface area contributed by atoms with Gasteiger partial charge in [-0.1, -0.05) is 18.2 Å². The maximum absolute atomic E-state index is 12.4. The summed E-state index contributed by atoms with van der Waals surface area (Å²) in [7, 11) is 3.30. The van der Waals surface area contributed by atoms with E-state index >= 15 is 0 Å². The first kappa shape index (κ1) is 19.4. The lowest BCUT2D eigenvalue weighted by Crippen LogP contribution is -2.21. The molecule has 1 amide bonds. The molecular weight excluding hydrogens is 380 g/mol. The first-order chi connectivity index (χ1) is 14.5. The van der Waals surface area contributed by atoms with Crippen LogP contribution in [-0.4, -0.2) is 51.8 Å². The third-order valence-electron chi connectivity index (χ3n) is 4.82. The molecule has 0 aliphatic rings. The van der Waals surface area contributed by atoms with Crippen molar-refractivity contribution in [3.8, 4) is 33.9 Å². The number of carbonyl (C=O) groups excluding carboxylic acids is 1. The van der Waals surface area contributed by atoms with Gasteiger partial charge < -0.3 is 14.7 Å². The highest BCUT2D eigenvalue weighted by atomic mass is 16.5. The highest BCUT2D eigenvalue weighted by Gasteiger charge is 2.17. The Bertz CT molecular complexity index is 1230. The van der Waals surface area contributed by atoms with Crippen LogP contribution in [0.25, 0.3) is 33.4 Å². The molecule has 2 heterocycles. The fourth-order valence-electron chi connectivity index (χ4n) is 3.34. The van der Waals surface area contributed by atoms with E-state index < -0.39 is 0 Å². The first-order valence-corrected chi connectivity index (χ1v) is 9.61. The van der Waals surface area contributed by atoms with Gasteiger partial charge in [0.2, 0.25) is 0 Å². The van der Waals surface area contributed by atoms with Crippen LogP contribution < -0.4 is 4.74 Å². The van der Waals surface area contributed by atoms with Crippen molar-refractivity contribution < 1.29 is 14.6 Å². The summed E-state index contributed by atoms with van der Waals surface area (Å²) >= 11 is 0. The summed E-state index contributed by atoms with van der Waals surface area (Å²) in [6, 6.07) is 14.7. The Morgan fingerprint density at radius 1 is 1.13 bits per heavy atom. The molecule has 152 valence electrons. The minimum Gasteiger partial charge on any atom is -0.507 e. The molecule has 0 bridgehead atoms. The number of benzene rings is 2. The molecule has 30 heavy (non-hydrogen) atoms. The number of aromatic nitrogens is 3. The Hall–Kier alpha value is -3.87. The Kier molecular flexibility index (Phi) is 5.10. The molecule has 0 radical (unpaired) electrons. The Labute approximate surface area is 173 Å². The average Bonchev–Trinajstić information content (AvgIpc) is 3.17. The van der Waals surface area contributed by atoms with Gasteiger partial charge in [0.05, 0.1) is 12.2 Å². The zero-order valence-electron chi connectivity index (χ0n) is 17.0. The number of nitrogens with one attached hydrogen (secondary N) is 1. The van der Waals surface area contributed by atoms with E-state index in [1.807, 2.05) is 37.3 Å². The Balaban J connectivity index is 1.83. The highest BCUT2D eigenvalue weighted by Crippen LogP contribution is 2.35. The molecule has 7 nitrogen and oxygen atoms in total. The van der Waals surface area contributed by atoms with Crippen molar-refractivity contribution in [1.29, 1.82) is 0 Å². The molecule has 0 atom stereocenters. The van der Waals surface area contributed by atoms with E-state index in [9.17, 15) is 9.90 Å². The van der Waals surface area contributed by atoms with E-state index in [0.717, 1.165) is 33.5 Å². The van der Waals surface area contributed by atoms with Crippen LogP contribution in [-0.2, 0) is 0 Å². The van der Waals surface area contributed by atoms with Gasteiger partial charge in [0, 0.05) is 36.8 Å². The summed E-state index contributed by atoms with van der Waals surface area (Å²) in [5, 5.41) is 18.4. The number of hydrogen-bond acceptors (Lipinski definition) is 5. The molecule has 0 unspecified atom stereocenters. The first-order valence-electron chi connectivity index (χ1n) is 9.61. The van der Waals surface area contributed by atoms with Crippen LogP contribution in [0.4, 0.5) is 0 Å². The van der Waals surface area contributed by atoms with Crippen molar-refractivity contribution in [2.45, 2.75) is 6.92 Å². The number of H-pyrrole nitrogens is 1. The van der Waals surface area contributed by atoms with Gasteiger partial charge in [0.15, 0.2) is 5.65 Å². The van der Waals surface area contributed by atoms with Gasteiger partial charge in [-0.3, -0.25) is 9.89 Å². The number of fused-ring (bicyclic) bond motifs is 1. The maximum Gasteiger partial charge on any atom is 0.257 e. The van der Waals surface area contributed by atoms with Gasteiger partial charge in [-0.15, -0.1) is 0 Å². The number of ether oxygens (including phenoxy) is 1. The minimum absolute atomic E-state index is 0.0545. The van der Waals surface area contributed by atoms with Gasteiger partial charge in [-0.05, 0) is 42.8 Å². The Morgan fingerprint density at radius 2 is 1.93 bits per heavy atom. The summed E-state index contributed by atoms with van der Waals surface area (Å²) in [5.41, 5.74) is 4.10. The van der Waals surface area contributed by atoms with Crippen LogP contribution in [0.15, 0.2) is 54.7 Å². The summed E-state index contributed by atoms with van der Waals surface area (Å²) in [5.74, 6) is 0.432. The molecule has 0 spiro atoms. The maximum atomic E-state index is 12.4. The van der Waals surface area contributed by atoms with Gasteiger partial charge in [-0.2, -0.15) is 5.10 Å². The molecule has 0 aliphatic carbocycles. The van der Waals surface area contributed by atoms with Crippen molar-refractivity contribution in [2.75, 3.05) is 20.7 Å². The van der Waals surface area contributed by atoms with Crippen molar-refractivity contribution >= 4 is 16.9 Å². The zero-order valence-corrected chi connectivity index (χ0v) is 17.0. The van der Waals surface area contributed by atoms with E-state index in [1.54, 1.807) is 32.4 Å². The van der Waals surface area contributed by atoms with Gasteiger partial charge in [0.25, 0.3) is 5.91 Å². The molecule has 2 aromatic heterocycles. The second-order valence-electron chi connectivity index (χ2n) is 7.05. The number of para-hydroxylation sites is 1. The third kappa shape index (κ3) is 3.45. The molecule has 2 aromatic carbocycles. The number of aromatic amines is 1. The SMILES string of the molecule is CCOc1ccccc1-c1n[nH]c2ncc(-c3ccc(O)c(C(=O)N(C)C)c3)cc12. The van der Waals surface area contributed by atoms with E-state index in [0.29, 0.717) is 12.3 Å². The zero-order chi connectivity index (χ0) is 21.3. The lowest BCUT2D eigenvalue weighted by Gasteiger charge is -2.13. The average molecular weight is 402 g/mol. The van der Waals surface area contributed by atoms with E-state index in [1.165, 1.54) is 11.0 Å². The summed E-state index contributed by atoms with van der Waals surface area (Å²) in [6.45, 7) is 2.50. The van der Waals surface area contributed by atoms with Crippen LogP contribution in [0, 0.1) is 0 Å². The molecule has 0 saturated heterocycles. The summed E-state index contributed by atoms with van der Waals surface area (Å²) < 4.78 is 5.76. The molecule has 4 rings (SSSR count). The lowest BCUT2D eigenvalue weighted by atomic mass is 10.0. The molecule has 0 aliphatic heterocycles. The van der Waals surface area contributed by atoms with E-state index in [4.69, 9.17) is 4.74 Å². The van der Waals surface area contributed by atoms with Crippen molar-refractivity contribution in [1.82, 2.24) is 20.1 Å². The van der Waals surface area contributed by atoms with Crippen LogP contribution in [0.1, 0.15) is 17.3 Å². The number of nitrogens with zero attached hydrogens (tertiary/aromatic N) is 3. The van der Waals surface area contributed by atoms with Crippen LogP contribution in [0.2, 0.25) is 0 Å². The van der Waals surface area contributed by atoms with Gasteiger partial charge in [-0.25, -0.2) is 4.98 Å². The second kappa shape index (κ2) is 7.87. The number of hydrogen-bond donors (Lipinski definition) is 2. The molecule has 0 saturated carbocycles.